The van der Waals surface area contributed by atoms with E-state index in [4.69, 9.17) is 0 Å². The van der Waals surface area contributed by atoms with Gasteiger partial charge in [-0.2, -0.15) is 0 Å². The molecule has 1 saturated heterocycles. The average Bonchev–Trinajstić information content (AvgIpc) is 3.22. The van der Waals surface area contributed by atoms with Crippen molar-refractivity contribution >= 4 is 0 Å². The summed E-state index contributed by atoms with van der Waals surface area (Å²) in [5.74, 6) is 0.944. The molecule has 3 fully saturated rings. The summed E-state index contributed by atoms with van der Waals surface area (Å²) in [4.78, 5) is 2.77. The van der Waals surface area contributed by atoms with Gasteiger partial charge in [-0.1, -0.05) is 26.2 Å². The van der Waals surface area contributed by atoms with Crippen LogP contribution in [0.15, 0.2) is 0 Å². The lowest BCUT2D eigenvalue weighted by molar-refractivity contribution is 0.0701. The fraction of sp³-hybridized carbons (Fsp3) is 1.00. The summed E-state index contributed by atoms with van der Waals surface area (Å²) in [6.07, 6.45) is 13.0. The summed E-state index contributed by atoms with van der Waals surface area (Å²) < 4.78 is 0. The number of nitrogens with zero attached hydrogens (tertiary/aromatic N) is 1. The number of likely N-dealkylation sites (tertiary alicyclic amines) is 1. The third-order valence-electron chi connectivity index (χ3n) is 5.54. The molecule has 2 unspecified atom stereocenters. The molecule has 0 radical (unpaired) electrons. The van der Waals surface area contributed by atoms with E-state index in [-0.39, 0.29) is 0 Å². The molecular weight excluding hydrogens is 232 g/mol. The van der Waals surface area contributed by atoms with Crippen LogP contribution < -0.4 is 5.32 Å². The monoisotopic (exact) mass is 264 g/mol. The summed E-state index contributed by atoms with van der Waals surface area (Å²) in [5, 5.41) is 3.85. The van der Waals surface area contributed by atoms with Crippen LogP contribution in [0.25, 0.3) is 0 Å². The Morgan fingerprint density at radius 1 is 1.05 bits per heavy atom. The van der Waals surface area contributed by atoms with E-state index in [0.29, 0.717) is 5.41 Å². The van der Waals surface area contributed by atoms with Crippen LogP contribution in [0.5, 0.6) is 0 Å². The molecule has 2 atom stereocenters. The van der Waals surface area contributed by atoms with Crippen molar-refractivity contribution in [3.63, 3.8) is 0 Å². The van der Waals surface area contributed by atoms with Crippen molar-refractivity contribution in [3.05, 3.63) is 0 Å². The maximum absolute atomic E-state index is 3.85. The molecule has 1 N–H and O–H groups in total. The first-order valence-electron chi connectivity index (χ1n) is 8.72. The zero-order chi connectivity index (χ0) is 13.1. The Hall–Kier alpha value is -0.0800. The molecule has 2 nitrogen and oxygen atoms in total. The predicted molar refractivity (Wildman–Crippen MR) is 81.4 cm³/mol. The fourth-order valence-corrected chi connectivity index (χ4v) is 4.37. The highest BCUT2D eigenvalue weighted by Gasteiger charge is 2.37. The Kier molecular flexibility index (Phi) is 4.48. The lowest BCUT2D eigenvalue weighted by Crippen LogP contribution is -2.48. The second kappa shape index (κ2) is 6.13. The maximum atomic E-state index is 3.85. The molecule has 0 aromatic heterocycles. The van der Waals surface area contributed by atoms with Crippen LogP contribution in [0.1, 0.15) is 64.7 Å². The van der Waals surface area contributed by atoms with Gasteiger partial charge in [-0.3, -0.25) is 0 Å². The molecule has 0 aromatic carbocycles. The van der Waals surface area contributed by atoms with Crippen LogP contribution in [0.4, 0.5) is 0 Å². The molecule has 0 aromatic rings. The number of hydrogen-bond acceptors (Lipinski definition) is 2. The van der Waals surface area contributed by atoms with Gasteiger partial charge in [0.1, 0.15) is 0 Å². The molecule has 19 heavy (non-hydrogen) atoms. The van der Waals surface area contributed by atoms with Gasteiger partial charge in [-0.25, -0.2) is 0 Å². The van der Waals surface area contributed by atoms with Crippen molar-refractivity contribution in [1.29, 1.82) is 0 Å². The van der Waals surface area contributed by atoms with Crippen molar-refractivity contribution in [2.45, 2.75) is 70.8 Å². The van der Waals surface area contributed by atoms with Gasteiger partial charge in [0, 0.05) is 19.1 Å². The summed E-state index contributed by atoms with van der Waals surface area (Å²) in [7, 11) is 0. The first kappa shape index (κ1) is 13.9. The smallest absolute Gasteiger partial charge is 0.00684 e. The zero-order valence-corrected chi connectivity index (χ0v) is 12.8. The van der Waals surface area contributed by atoms with Crippen LogP contribution in [0.3, 0.4) is 0 Å². The predicted octanol–water partition coefficient (Wildman–Crippen LogP) is 3.42. The topological polar surface area (TPSA) is 15.3 Å². The Morgan fingerprint density at radius 2 is 1.84 bits per heavy atom. The molecule has 1 heterocycles. The summed E-state index contributed by atoms with van der Waals surface area (Å²) in [6.45, 7) is 7.86. The Balaban J connectivity index is 1.59. The van der Waals surface area contributed by atoms with Gasteiger partial charge >= 0.3 is 0 Å². The molecule has 110 valence electrons. The lowest BCUT2D eigenvalue weighted by Gasteiger charge is -2.44. The molecule has 2 heteroatoms. The van der Waals surface area contributed by atoms with Gasteiger partial charge in [-0.15, -0.1) is 0 Å². The normalized spacial score (nSPS) is 37.4. The zero-order valence-electron chi connectivity index (χ0n) is 12.8. The molecule has 3 aliphatic rings. The second-order valence-electron chi connectivity index (χ2n) is 7.69. The molecule has 1 aliphatic heterocycles. The van der Waals surface area contributed by atoms with E-state index in [0.717, 1.165) is 12.0 Å². The third kappa shape index (κ3) is 3.95. The van der Waals surface area contributed by atoms with E-state index in [2.05, 4.69) is 17.1 Å². The molecular formula is C17H32N2. The molecule has 3 rings (SSSR count). The van der Waals surface area contributed by atoms with E-state index in [1.807, 2.05) is 0 Å². The van der Waals surface area contributed by atoms with Gasteiger partial charge in [0.15, 0.2) is 0 Å². The fourth-order valence-electron chi connectivity index (χ4n) is 4.37. The molecule has 0 amide bonds. The van der Waals surface area contributed by atoms with E-state index < -0.39 is 0 Å². The highest BCUT2D eigenvalue weighted by molar-refractivity contribution is 4.93. The Morgan fingerprint density at radius 3 is 2.53 bits per heavy atom. The van der Waals surface area contributed by atoms with Crippen LogP contribution in [0.2, 0.25) is 0 Å². The largest absolute Gasteiger partial charge is 0.313 e. The highest BCUT2D eigenvalue weighted by Crippen LogP contribution is 2.40. The summed E-state index contributed by atoms with van der Waals surface area (Å²) in [6, 6.07) is 0.871. The molecule has 0 bridgehead atoms. The van der Waals surface area contributed by atoms with Crippen LogP contribution in [-0.2, 0) is 0 Å². The lowest BCUT2D eigenvalue weighted by atomic mass is 9.69. The molecule has 0 spiro atoms. The van der Waals surface area contributed by atoms with Crippen LogP contribution >= 0.6 is 0 Å². The minimum absolute atomic E-state index is 0.595. The van der Waals surface area contributed by atoms with Gasteiger partial charge in [0.25, 0.3) is 0 Å². The maximum Gasteiger partial charge on any atom is 0.00684 e. The Labute approximate surface area is 119 Å². The Bertz CT molecular complexity index is 281. The van der Waals surface area contributed by atoms with Crippen molar-refractivity contribution in [2.24, 2.45) is 11.3 Å². The first-order chi connectivity index (χ1) is 9.26. The van der Waals surface area contributed by atoms with E-state index in [1.165, 1.54) is 84.0 Å². The van der Waals surface area contributed by atoms with Gasteiger partial charge in [0.05, 0.1) is 0 Å². The first-order valence-corrected chi connectivity index (χ1v) is 8.72. The summed E-state index contributed by atoms with van der Waals surface area (Å²) >= 11 is 0. The van der Waals surface area contributed by atoms with E-state index in [9.17, 15) is 0 Å². The molecule has 2 aliphatic carbocycles. The van der Waals surface area contributed by atoms with Crippen molar-refractivity contribution < 1.29 is 0 Å². The van der Waals surface area contributed by atoms with Crippen LogP contribution in [-0.4, -0.2) is 37.1 Å². The number of rotatable bonds is 5. The van der Waals surface area contributed by atoms with E-state index >= 15 is 0 Å². The minimum atomic E-state index is 0.595. The quantitative estimate of drug-likeness (QED) is 0.818. The number of piperidine rings is 1. The minimum Gasteiger partial charge on any atom is -0.313 e. The van der Waals surface area contributed by atoms with Crippen molar-refractivity contribution in [3.8, 4) is 0 Å². The van der Waals surface area contributed by atoms with E-state index in [1.54, 1.807) is 0 Å². The van der Waals surface area contributed by atoms with Crippen molar-refractivity contribution in [2.75, 3.05) is 26.2 Å². The highest BCUT2D eigenvalue weighted by atomic mass is 15.1. The SMILES string of the molecule is CC1CCCC(CNC2CC2)(CN2CCCCC2)C1. The average molecular weight is 264 g/mol. The van der Waals surface area contributed by atoms with Crippen LogP contribution in [0, 0.1) is 11.3 Å². The van der Waals surface area contributed by atoms with Crippen molar-refractivity contribution in [1.82, 2.24) is 10.2 Å². The second-order valence-corrected chi connectivity index (χ2v) is 7.69. The molecule has 2 saturated carbocycles. The van der Waals surface area contributed by atoms with Gasteiger partial charge in [-0.05, 0) is 62.9 Å². The van der Waals surface area contributed by atoms with Gasteiger partial charge < -0.3 is 10.2 Å². The third-order valence-corrected chi connectivity index (χ3v) is 5.54. The number of nitrogens with one attached hydrogen (secondary N) is 1. The number of hydrogen-bond donors (Lipinski definition) is 1. The van der Waals surface area contributed by atoms with Gasteiger partial charge in [0.2, 0.25) is 0 Å². The summed E-state index contributed by atoms with van der Waals surface area (Å²) in [5.41, 5.74) is 0.595. The standard InChI is InChI=1S/C17H32N2/c1-15-6-5-9-17(12-15,13-18-16-7-8-16)14-19-10-3-2-4-11-19/h15-16,18H,2-14H2,1H3.